The lowest BCUT2D eigenvalue weighted by Gasteiger charge is -2.34. The van der Waals surface area contributed by atoms with Gasteiger partial charge in [-0.1, -0.05) is 43.1 Å². The molecule has 8 rings (SSSR count). The maximum Gasteiger partial charge on any atom is 0.210 e. The predicted octanol–water partition coefficient (Wildman–Crippen LogP) is 10.1. The molecule has 0 aliphatic carbocycles. The van der Waals surface area contributed by atoms with E-state index in [1.165, 1.54) is 67.0 Å². The summed E-state index contributed by atoms with van der Waals surface area (Å²) in [5.74, 6) is 0.319. The number of nitriles is 1. The van der Waals surface area contributed by atoms with Crippen molar-refractivity contribution in [1.29, 1.82) is 5.26 Å². The van der Waals surface area contributed by atoms with E-state index in [0.717, 1.165) is 51.9 Å². The lowest BCUT2D eigenvalue weighted by molar-refractivity contribution is 0.437. The lowest BCUT2D eigenvalue weighted by atomic mass is 9.98. The van der Waals surface area contributed by atoms with Gasteiger partial charge in [0.2, 0.25) is 19.7 Å². The van der Waals surface area contributed by atoms with E-state index in [9.17, 15) is 25.6 Å². The van der Waals surface area contributed by atoms with Gasteiger partial charge in [-0.3, -0.25) is 9.97 Å². The Morgan fingerprint density at radius 2 is 1.10 bits per heavy atom. The Morgan fingerprint density at radius 3 is 1.55 bits per heavy atom. The molecule has 6 aromatic rings. The summed E-state index contributed by atoms with van der Waals surface area (Å²) in [5.41, 5.74) is 2.24. The number of pyridine rings is 2. The van der Waals surface area contributed by atoms with Crippen LogP contribution in [0, 0.1) is 34.8 Å². The topological polar surface area (TPSA) is 124 Å². The van der Waals surface area contributed by atoms with Crippen LogP contribution in [-0.4, -0.2) is 53.0 Å². The van der Waals surface area contributed by atoms with Gasteiger partial charge in [-0.05, 0) is 98.2 Å². The number of nitrogens with zero attached hydrogens (tertiary/aromatic N) is 5. The Hall–Kier alpha value is -4.87. The van der Waals surface area contributed by atoms with Crippen LogP contribution in [0.15, 0.2) is 111 Å². The minimum atomic E-state index is -3.92. The first-order chi connectivity index (χ1) is 27.7. The van der Waals surface area contributed by atoms with Gasteiger partial charge in [-0.2, -0.15) is 5.26 Å². The fraction of sp³-hybridized carbons (Fsp3) is 0.279. The van der Waals surface area contributed by atoms with Gasteiger partial charge < -0.3 is 9.80 Å². The molecule has 2 saturated heterocycles. The second-order valence-corrected chi connectivity index (χ2v) is 19.5. The Balaban J connectivity index is 0.000000177. The molecule has 0 amide bonds. The highest BCUT2D eigenvalue weighted by atomic mass is 35.5. The molecule has 4 heterocycles. The molecule has 0 saturated carbocycles. The number of aromatic nitrogens is 2. The Kier molecular flexibility index (Phi) is 11.9. The van der Waals surface area contributed by atoms with Crippen molar-refractivity contribution < 1.29 is 25.6 Å². The average Bonchev–Trinajstić information content (AvgIpc) is 3.21. The van der Waals surface area contributed by atoms with E-state index in [1.807, 2.05) is 6.07 Å². The molecule has 58 heavy (non-hydrogen) atoms. The third kappa shape index (κ3) is 8.34. The standard InChI is InChI=1S/C22H20FN3O2S.C21H19Cl2FN2O2S/c1-15-7-9-26(10-8-15)22-19-6-5-17(23)12-20(19)25-14-21(22)29(27,28)18-4-2-3-16(11-18)13-24;1-13-6-8-26(9-7-13)21-16-4-2-14(24)10-19(16)25-12-20(21)29(27,28)15-3-5-17(22)18(23)11-15/h2-6,11-12,14-15H,7-10H2,1H3;2-5,10-13H,6-9H2,1H3. The number of rotatable bonds is 6. The van der Waals surface area contributed by atoms with Gasteiger partial charge in [0.25, 0.3) is 0 Å². The number of anilines is 2. The number of benzene rings is 4. The number of fused-ring (bicyclic) bond motifs is 2. The third-order valence-corrected chi connectivity index (χ3v) is 15.0. The monoisotopic (exact) mass is 861 g/mol. The van der Waals surface area contributed by atoms with Crippen molar-refractivity contribution in [2.45, 2.75) is 59.1 Å². The van der Waals surface area contributed by atoms with E-state index in [-0.39, 0.29) is 35.2 Å². The van der Waals surface area contributed by atoms with E-state index >= 15 is 0 Å². The molecule has 300 valence electrons. The predicted molar refractivity (Wildman–Crippen MR) is 223 cm³/mol. The summed E-state index contributed by atoms with van der Waals surface area (Å²) in [6.07, 6.45) is 6.44. The quantitative estimate of drug-likeness (QED) is 0.161. The van der Waals surface area contributed by atoms with Crippen LogP contribution >= 0.6 is 23.2 Å². The summed E-state index contributed by atoms with van der Waals surface area (Å²) in [7, 11) is -7.83. The van der Waals surface area contributed by atoms with E-state index in [1.54, 1.807) is 24.3 Å². The average molecular weight is 863 g/mol. The zero-order valence-corrected chi connectivity index (χ0v) is 34.8. The molecular formula is C43H39Cl2F2N5O4S2. The van der Waals surface area contributed by atoms with Gasteiger partial charge in [-0.15, -0.1) is 0 Å². The highest BCUT2D eigenvalue weighted by Gasteiger charge is 2.31. The first-order valence-corrected chi connectivity index (χ1v) is 22.5. The number of hydrogen-bond acceptors (Lipinski definition) is 9. The summed E-state index contributed by atoms with van der Waals surface area (Å²) in [4.78, 5) is 12.9. The van der Waals surface area contributed by atoms with E-state index in [4.69, 9.17) is 28.5 Å². The van der Waals surface area contributed by atoms with Gasteiger partial charge in [0, 0.05) is 61.5 Å². The first kappa shape index (κ1) is 41.3. The normalized spacial score (nSPS) is 15.6. The maximum absolute atomic E-state index is 13.7. The van der Waals surface area contributed by atoms with Gasteiger partial charge in [0.15, 0.2) is 0 Å². The Bertz CT molecular complexity index is 2800. The van der Waals surface area contributed by atoms with Crippen molar-refractivity contribution in [1.82, 2.24) is 9.97 Å². The van der Waals surface area contributed by atoms with Crippen LogP contribution in [0.25, 0.3) is 21.8 Å². The molecule has 2 aromatic heterocycles. The SMILES string of the molecule is CC1CCN(c2c(S(=O)(=O)c3ccc(Cl)c(Cl)c3)cnc3cc(F)ccc23)CC1.CC1CCN(c2c(S(=O)(=O)c3cccc(C#N)c3)cnc3cc(F)ccc23)CC1. The first-order valence-electron chi connectivity index (χ1n) is 18.8. The minimum absolute atomic E-state index is 0.0433. The van der Waals surface area contributed by atoms with Gasteiger partial charge >= 0.3 is 0 Å². The summed E-state index contributed by atoms with van der Waals surface area (Å²) < 4.78 is 81.5. The molecule has 4 aromatic carbocycles. The van der Waals surface area contributed by atoms with Crippen molar-refractivity contribution >= 4 is 76.1 Å². The fourth-order valence-corrected chi connectivity index (χ4v) is 10.7. The third-order valence-electron chi connectivity index (χ3n) is 10.8. The number of halogens is 4. The molecule has 0 N–H and O–H groups in total. The molecule has 0 spiro atoms. The smallest absolute Gasteiger partial charge is 0.210 e. The highest BCUT2D eigenvalue weighted by molar-refractivity contribution is 7.92. The zero-order valence-electron chi connectivity index (χ0n) is 31.7. The van der Waals surface area contributed by atoms with Crippen LogP contribution in [0.4, 0.5) is 20.2 Å². The van der Waals surface area contributed by atoms with Crippen molar-refractivity contribution in [2.75, 3.05) is 36.0 Å². The molecular weight excluding hydrogens is 824 g/mol. The summed E-state index contributed by atoms with van der Waals surface area (Å²) >= 11 is 12.0. The van der Waals surface area contributed by atoms with E-state index in [0.29, 0.717) is 45.0 Å². The number of piperidine rings is 2. The lowest BCUT2D eigenvalue weighted by Crippen LogP contribution is -2.34. The molecule has 0 unspecified atom stereocenters. The van der Waals surface area contributed by atoms with Crippen LogP contribution in [0.1, 0.15) is 45.1 Å². The van der Waals surface area contributed by atoms with Crippen molar-refractivity contribution in [3.05, 3.63) is 118 Å². The molecule has 2 aliphatic rings. The molecule has 0 bridgehead atoms. The van der Waals surface area contributed by atoms with Crippen molar-refractivity contribution in [3.8, 4) is 6.07 Å². The fourth-order valence-electron chi connectivity index (χ4n) is 7.41. The number of hydrogen-bond donors (Lipinski definition) is 0. The zero-order chi connectivity index (χ0) is 41.4. The summed E-state index contributed by atoms with van der Waals surface area (Å²) in [6.45, 7) is 7.26. The molecule has 2 aliphatic heterocycles. The minimum Gasteiger partial charge on any atom is -0.370 e. The second kappa shape index (κ2) is 16.8. The Labute approximate surface area is 346 Å². The Morgan fingerprint density at radius 1 is 0.638 bits per heavy atom. The molecule has 2 fully saturated rings. The second-order valence-electron chi connectivity index (χ2n) is 14.8. The highest BCUT2D eigenvalue weighted by Crippen LogP contribution is 2.40. The number of sulfone groups is 2. The van der Waals surface area contributed by atoms with Crippen LogP contribution < -0.4 is 9.80 Å². The van der Waals surface area contributed by atoms with Gasteiger partial charge in [0.05, 0.1) is 53.9 Å². The molecule has 15 heteroatoms. The maximum atomic E-state index is 13.7. The van der Waals surface area contributed by atoms with Crippen LogP contribution in [0.3, 0.4) is 0 Å². The largest absolute Gasteiger partial charge is 0.370 e. The molecule has 0 radical (unpaired) electrons. The van der Waals surface area contributed by atoms with E-state index in [2.05, 4.69) is 33.6 Å². The van der Waals surface area contributed by atoms with Crippen molar-refractivity contribution in [2.24, 2.45) is 11.8 Å². The molecule has 9 nitrogen and oxygen atoms in total. The summed E-state index contributed by atoms with van der Waals surface area (Å²) in [5, 5.41) is 10.8. The van der Waals surface area contributed by atoms with Crippen LogP contribution in [-0.2, 0) is 19.7 Å². The van der Waals surface area contributed by atoms with E-state index < -0.39 is 31.3 Å². The molecule has 0 atom stereocenters. The van der Waals surface area contributed by atoms with Crippen LogP contribution in [0.5, 0.6) is 0 Å². The van der Waals surface area contributed by atoms with Gasteiger partial charge in [-0.25, -0.2) is 25.6 Å². The van der Waals surface area contributed by atoms with Crippen molar-refractivity contribution in [3.63, 3.8) is 0 Å². The summed E-state index contributed by atoms with van der Waals surface area (Å²) in [6, 6.07) is 20.7. The van der Waals surface area contributed by atoms with Gasteiger partial charge in [0.1, 0.15) is 21.4 Å². The van der Waals surface area contributed by atoms with Crippen LogP contribution in [0.2, 0.25) is 10.0 Å².